The molecule has 0 aromatic heterocycles. The highest BCUT2D eigenvalue weighted by Gasteiger charge is 2.19. The zero-order valence-corrected chi connectivity index (χ0v) is 12.4. The fraction of sp³-hybridized carbons (Fsp3) is 0.538. The molecule has 17 heavy (non-hydrogen) atoms. The number of piperidine rings is 1. The average molecular weight is 318 g/mol. The lowest BCUT2D eigenvalue weighted by Crippen LogP contribution is -2.45. The number of rotatable bonds is 3. The van der Waals surface area contributed by atoms with Gasteiger partial charge in [-0.05, 0) is 53.5 Å². The molecule has 4 heteroatoms. The first-order valence-electron chi connectivity index (χ1n) is 6.14. The molecule has 0 bridgehead atoms. The number of benzene rings is 1. The van der Waals surface area contributed by atoms with Crippen LogP contribution < -0.4 is 10.2 Å². The van der Waals surface area contributed by atoms with Crippen molar-refractivity contribution in [1.82, 2.24) is 5.32 Å². The highest BCUT2D eigenvalue weighted by atomic mass is 79.9. The van der Waals surface area contributed by atoms with Crippen molar-refractivity contribution in [3.63, 3.8) is 0 Å². The lowest BCUT2D eigenvalue weighted by Gasteiger charge is -2.35. The maximum atomic E-state index is 6.14. The second kappa shape index (κ2) is 6.07. The van der Waals surface area contributed by atoms with Gasteiger partial charge in [0.15, 0.2) is 0 Å². The van der Waals surface area contributed by atoms with Crippen molar-refractivity contribution in [2.24, 2.45) is 0 Å². The quantitative estimate of drug-likeness (QED) is 0.915. The maximum Gasteiger partial charge on any atom is 0.0568 e. The van der Waals surface area contributed by atoms with E-state index in [0.717, 1.165) is 29.1 Å². The molecule has 1 saturated heterocycles. The molecule has 1 aromatic rings. The van der Waals surface area contributed by atoms with Crippen LogP contribution in [0.2, 0.25) is 5.02 Å². The molecule has 0 aliphatic carbocycles. The number of likely N-dealkylation sites (N-methyl/N-ethyl adjacent to an activating group) is 1. The van der Waals surface area contributed by atoms with Crippen molar-refractivity contribution in [1.29, 1.82) is 0 Å². The molecule has 1 fully saturated rings. The summed E-state index contributed by atoms with van der Waals surface area (Å²) in [5, 5.41) is 4.31. The van der Waals surface area contributed by atoms with Crippen molar-refractivity contribution in [2.45, 2.75) is 25.8 Å². The van der Waals surface area contributed by atoms with E-state index in [1.807, 2.05) is 12.1 Å². The van der Waals surface area contributed by atoms with E-state index in [1.165, 1.54) is 18.5 Å². The number of nitrogens with one attached hydrogen (secondary N) is 1. The van der Waals surface area contributed by atoms with Crippen molar-refractivity contribution >= 4 is 33.2 Å². The first-order chi connectivity index (χ1) is 8.20. The monoisotopic (exact) mass is 316 g/mol. The Labute approximate surface area is 116 Å². The molecular formula is C13H18BrClN2. The van der Waals surface area contributed by atoms with E-state index in [-0.39, 0.29) is 0 Å². The minimum atomic E-state index is 0.608. The van der Waals surface area contributed by atoms with Crippen LogP contribution in [0.4, 0.5) is 5.69 Å². The zero-order chi connectivity index (χ0) is 12.3. The van der Waals surface area contributed by atoms with Crippen LogP contribution in [0.5, 0.6) is 0 Å². The molecule has 1 aromatic carbocycles. The van der Waals surface area contributed by atoms with Crippen LogP contribution >= 0.6 is 27.5 Å². The Morgan fingerprint density at radius 3 is 3.06 bits per heavy atom. The molecule has 1 unspecified atom stereocenters. The Hall–Kier alpha value is -0.250. The Balaban J connectivity index is 2.08. The van der Waals surface area contributed by atoms with Gasteiger partial charge in [0.05, 0.1) is 5.02 Å². The summed E-state index contributed by atoms with van der Waals surface area (Å²) in [6, 6.07) is 6.80. The van der Waals surface area contributed by atoms with Crippen LogP contribution in [0.15, 0.2) is 22.7 Å². The summed E-state index contributed by atoms with van der Waals surface area (Å²) in [5.74, 6) is 0. The normalized spacial score (nSPS) is 20.6. The minimum absolute atomic E-state index is 0.608. The number of anilines is 1. The SMILES string of the molecule is CCNC1CCCN(c2ccc(Br)c(Cl)c2)C1. The van der Waals surface area contributed by atoms with Gasteiger partial charge in [-0.1, -0.05) is 18.5 Å². The van der Waals surface area contributed by atoms with Gasteiger partial charge in [-0.2, -0.15) is 0 Å². The van der Waals surface area contributed by atoms with E-state index in [4.69, 9.17) is 11.6 Å². The Bertz CT molecular complexity index is 382. The van der Waals surface area contributed by atoms with Gasteiger partial charge in [0.1, 0.15) is 0 Å². The molecular weight excluding hydrogens is 300 g/mol. The molecule has 1 atom stereocenters. The average Bonchev–Trinajstić information content (AvgIpc) is 2.33. The molecule has 2 rings (SSSR count). The number of hydrogen-bond acceptors (Lipinski definition) is 2. The second-order valence-electron chi connectivity index (χ2n) is 4.44. The van der Waals surface area contributed by atoms with Crippen LogP contribution in [0.1, 0.15) is 19.8 Å². The third kappa shape index (κ3) is 3.36. The van der Waals surface area contributed by atoms with Crippen molar-refractivity contribution in [3.05, 3.63) is 27.7 Å². The predicted octanol–water partition coefficient (Wildman–Crippen LogP) is 3.68. The first-order valence-corrected chi connectivity index (χ1v) is 7.31. The zero-order valence-electron chi connectivity index (χ0n) is 10.0. The summed E-state index contributed by atoms with van der Waals surface area (Å²) in [6.07, 6.45) is 2.51. The van der Waals surface area contributed by atoms with E-state index in [2.05, 4.69) is 39.1 Å². The first kappa shape index (κ1) is 13.2. The van der Waals surface area contributed by atoms with Gasteiger partial charge in [0.25, 0.3) is 0 Å². The fourth-order valence-corrected chi connectivity index (χ4v) is 2.77. The van der Waals surface area contributed by atoms with Crippen molar-refractivity contribution in [2.75, 3.05) is 24.5 Å². The lowest BCUT2D eigenvalue weighted by atomic mass is 10.0. The number of halogens is 2. The molecule has 0 saturated carbocycles. The van der Waals surface area contributed by atoms with Crippen molar-refractivity contribution < 1.29 is 0 Å². The van der Waals surface area contributed by atoms with E-state index in [9.17, 15) is 0 Å². The smallest absolute Gasteiger partial charge is 0.0568 e. The summed E-state index contributed by atoms with van der Waals surface area (Å²) in [6.45, 7) is 5.40. The second-order valence-corrected chi connectivity index (χ2v) is 5.70. The van der Waals surface area contributed by atoms with Crippen LogP contribution in [0.3, 0.4) is 0 Å². The Kier molecular flexibility index (Phi) is 4.71. The standard InChI is InChI=1S/C13H18BrClN2/c1-2-16-10-4-3-7-17(9-10)11-5-6-12(14)13(15)8-11/h5-6,8,10,16H,2-4,7,9H2,1H3. The number of nitrogens with zero attached hydrogens (tertiary/aromatic N) is 1. The van der Waals surface area contributed by atoms with E-state index in [0.29, 0.717) is 6.04 Å². The highest BCUT2D eigenvalue weighted by Crippen LogP contribution is 2.29. The third-order valence-corrected chi connectivity index (χ3v) is 4.42. The summed E-state index contributed by atoms with van der Waals surface area (Å²) in [5.41, 5.74) is 1.22. The van der Waals surface area contributed by atoms with E-state index >= 15 is 0 Å². The fourth-order valence-electron chi connectivity index (χ4n) is 2.35. The Morgan fingerprint density at radius 2 is 2.35 bits per heavy atom. The topological polar surface area (TPSA) is 15.3 Å². The maximum absolute atomic E-state index is 6.14. The van der Waals surface area contributed by atoms with Crippen molar-refractivity contribution in [3.8, 4) is 0 Å². The molecule has 0 amide bonds. The minimum Gasteiger partial charge on any atom is -0.370 e. The summed E-state index contributed by atoms with van der Waals surface area (Å²) in [4.78, 5) is 2.41. The third-order valence-electron chi connectivity index (χ3n) is 3.18. The van der Waals surface area contributed by atoms with Gasteiger partial charge in [0.2, 0.25) is 0 Å². The molecule has 1 aliphatic heterocycles. The Morgan fingerprint density at radius 1 is 1.53 bits per heavy atom. The molecule has 2 nitrogen and oxygen atoms in total. The van der Waals surface area contributed by atoms with Gasteiger partial charge in [-0.15, -0.1) is 0 Å². The molecule has 0 radical (unpaired) electrons. The highest BCUT2D eigenvalue weighted by molar-refractivity contribution is 9.10. The summed E-state index contributed by atoms with van der Waals surface area (Å²) in [7, 11) is 0. The van der Waals surface area contributed by atoms with E-state index in [1.54, 1.807) is 0 Å². The van der Waals surface area contributed by atoms with Gasteiger partial charge in [-0.25, -0.2) is 0 Å². The van der Waals surface area contributed by atoms with Gasteiger partial charge >= 0.3 is 0 Å². The van der Waals surface area contributed by atoms with Crippen LogP contribution in [-0.4, -0.2) is 25.7 Å². The summed E-state index contributed by atoms with van der Waals surface area (Å²) < 4.78 is 0.961. The van der Waals surface area contributed by atoms with Gasteiger partial charge in [0, 0.05) is 29.3 Å². The summed E-state index contributed by atoms with van der Waals surface area (Å²) >= 11 is 9.57. The molecule has 1 heterocycles. The molecule has 94 valence electrons. The van der Waals surface area contributed by atoms with Crippen LogP contribution in [-0.2, 0) is 0 Å². The van der Waals surface area contributed by atoms with Crippen LogP contribution in [0.25, 0.3) is 0 Å². The molecule has 1 aliphatic rings. The molecule has 0 spiro atoms. The molecule has 1 N–H and O–H groups in total. The van der Waals surface area contributed by atoms with Gasteiger partial charge < -0.3 is 10.2 Å². The lowest BCUT2D eigenvalue weighted by molar-refractivity contribution is 0.431. The predicted molar refractivity (Wildman–Crippen MR) is 78.1 cm³/mol. The van der Waals surface area contributed by atoms with E-state index < -0.39 is 0 Å². The van der Waals surface area contributed by atoms with Gasteiger partial charge in [-0.3, -0.25) is 0 Å². The largest absolute Gasteiger partial charge is 0.370 e. The van der Waals surface area contributed by atoms with Crippen LogP contribution in [0, 0.1) is 0 Å². The number of hydrogen-bond donors (Lipinski definition) is 1.